The van der Waals surface area contributed by atoms with Crippen molar-refractivity contribution in [2.75, 3.05) is 13.2 Å². The lowest BCUT2D eigenvalue weighted by Gasteiger charge is -2.41. The van der Waals surface area contributed by atoms with Crippen molar-refractivity contribution < 1.29 is 63.1 Å². The number of rotatable bonds is 20. The van der Waals surface area contributed by atoms with Crippen molar-refractivity contribution in [1.29, 1.82) is 0 Å². The molecule has 3 unspecified atom stereocenters. The van der Waals surface area contributed by atoms with E-state index in [0.717, 1.165) is 51.4 Å². The molecule has 1 aliphatic rings. The first-order valence-electron chi connectivity index (χ1n) is 13.8. The first-order chi connectivity index (χ1) is 18.4. The number of carbonyl (C=O) groups excluding carboxylic acids is 2. The third-order valence-corrected chi connectivity index (χ3v) is 7.43. The minimum Gasteiger partial charge on any atom is -0.462 e. The summed E-state index contributed by atoms with van der Waals surface area (Å²) < 4.78 is 32.6. The van der Waals surface area contributed by atoms with Gasteiger partial charge in [0.15, 0.2) is 6.10 Å². The van der Waals surface area contributed by atoms with Crippen LogP contribution in [0.3, 0.4) is 0 Å². The fraction of sp³-hybridized carbons (Fsp3) is 0.920. The number of ether oxygens (including phenoxy) is 2. The average Bonchev–Trinajstić information content (AvgIpc) is 2.90. The van der Waals surface area contributed by atoms with E-state index < -0.39 is 75.7 Å². The standard InChI is InChI=1S/C25H47O13P/c1-3-5-7-9-11-13-18(26)35-15-17(37-19(27)14-12-10-8-6-4-2)16-36-39(33,34)38-25-23(31)21(29)20(28)22(30)24(25)32/h17,20-25,28-32H,3-16H2,1-2H3,(H,33,34)/t17-,20?,21-,22+,23-,24-,25?/m1/s1. The van der Waals surface area contributed by atoms with E-state index in [2.05, 4.69) is 13.8 Å². The van der Waals surface area contributed by atoms with E-state index in [1.165, 1.54) is 0 Å². The van der Waals surface area contributed by atoms with Gasteiger partial charge in [0, 0.05) is 12.8 Å². The average molecular weight is 587 g/mol. The fourth-order valence-electron chi connectivity index (χ4n) is 4.05. The molecule has 13 nitrogen and oxygen atoms in total. The van der Waals surface area contributed by atoms with Crippen LogP contribution in [0.2, 0.25) is 0 Å². The van der Waals surface area contributed by atoms with Crippen molar-refractivity contribution >= 4 is 19.8 Å². The second-order valence-electron chi connectivity index (χ2n) is 9.91. The van der Waals surface area contributed by atoms with Crippen LogP contribution >= 0.6 is 7.82 Å². The van der Waals surface area contributed by atoms with E-state index in [4.69, 9.17) is 18.5 Å². The molecule has 0 radical (unpaired) electrons. The molecule has 1 rings (SSSR count). The van der Waals surface area contributed by atoms with Gasteiger partial charge in [-0.2, -0.15) is 0 Å². The Morgan fingerprint density at radius 2 is 1.15 bits per heavy atom. The van der Waals surface area contributed by atoms with E-state index in [9.17, 15) is 44.6 Å². The van der Waals surface area contributed by atoms with Crippen LogP contribution in [-0.2, 0) is 32.7 Å². The Morgan fingerprint density at radius 3 is 1.67 bits per heavy atom. The van der Waals surface area contributed by atoms with E-state index >= 15 is 0 Å². The summed E-state index contributed by atoms with van der Waals surface area (Å²) in [6.07, 6.45) is -3.78. The molecular weight excluding hydrogens is 539 g/mol. The Hall–Kier alpha value is -1.15. The highest BCUT2D eigenvalue weighted by atomic mass is 31.2. The van der Waals surface area contributed by atoms with E-state index in [-0.39, 0.29) is 12.8 Å². The number of hydrogen-bond donors (Lipinski definition) is 6. The van der Waals surface area contributed by atoms with Gasteiger partial charge in [-0.1, -0.05) is 65.2 Å². The maximum Gasteiger partial charge on any atom is 0.472 e. The summed E-state index contributed by atoms with van der Waals surface area (Å²) in [5.41, 5.74) is 0. The van der Waals surface area contributed by atoms with Gasteiger partial charge < -0.3 is 39.9 Å². The van der Waals surface area contributed by atoms with Crippen LogP contribution in [0.1, 0.15) is 90.9 Å². The van der Waals surface area contributed by atoms with Crippen LogP contribution in [0.5, 0.6) is 0 Å². The van der Waals surface area contributed by atoms with Gasteiger partial charge in [0.05, 0.1) is 6.61 Å². The monoisotopic (exact) mass is 586 g/mol. The molecule has 0 aliphatic heterocycles. The second kappa shape index (κ2) is 19.1. The second-order valence-corrected chi connectivity index (χ2v) is 11.3. The molecule has 0 heterocycles. The van der Waals surface area contributed by atoms with Gasteiger partial charge in [0.25, 0.3) is 0 Å². The lowest BCUT2D eigenvalue weighted by atomic mass is 9.85. The van der Waals surface area contributed by atoms with Crippen molar-refractivity contribution in [1.82, 2.24) is 0 Å². The molecule has 230 valence electrons. The Morgan fingerprint density at radius 1 is 0.692 bits per heavy atom. The number of esters is 2. The summed E-state index contributed by atoms with van der Waals surface area (Å²) in [6.45, 7) is 2.98. The Kier molecular flexibility index (Phi) is 17.5. The Balaban J connectivity index is 2.70. The van der Waals surface area contributed by atoms with Gasteiger partial charge in [0.2, 0.25) is 0 Å². The van der Waals surface area contributed by atoms with E-state index in [0.29, 0.717) is 12.8 Å². The highest BCUT2D eigenvalue weighted by molar-refractivity contribution is 7.47. The highest BCUT2D eigenvalue weighted by Crippen LogP contribution is 2.47. The van der Waals surface area contributed by atoms with Gasteiger partial charge in [-0.3, -0.25) is 18.6 Å². The number of phosphoric acid groups is 1. The van der Waals surface area contributed by atoms with Crippen molar-refractivity contribution in [3.63, 3.8) is 0 Å². The van der Waals surface area contributed by atoms with Crippen molar-refractivity contribution in [2.45, 2.75) is 134 Å². The zero-order valence-corrected chi connectivity index (χ0v) is 23.8. The van der Waals surface area contributed by atoms with Crippen molar-refractivity contribution in [3.05, 3.63) is 0 Å². The molecule has 14 heteroatoms. The SMILES string of the molecule is CCCCCCCC(=O)OC[C@H](COP(=O)(O)OC1[C@H](O)[C@H](O)C(O)[C@H](O)[C@H]1O)OC(=O)CCCCCCC. The number of phosphoric ester groups is 1. The first-order valence-corrected chi connectivity index (χ1v) is 15.3. The number of unbranched alkanes of at least 4 members (excludes halogenated alkanes) is 8. The molecule has 0 bridgehead atoms. The van der Waals surface area contributed by atoms with Crippen molar-refractivity contribution in [2.24, 2.45) is 0 Å². The Bertz CT molecular complexity index is 735. The molecule has 0 aromatic rings. The van der Waals surface area contributed by atoms with Crippen LogP contribution < -0.4 is 0 Å². The van der Waals surface area contributed by atoms with Gasteiger partial charge >= 0.3 is 19.8 Å². The summed E-state index contributed by atoms with van der Waals surface area (Å²) in [5.74, 6) is -1.13. The van der Waals surface area contributed by atoms with Gasteiger partial charge in [-0.15, -0.1) is 0 Å². The molecule has 0 aromatic heterocycles. The third-order valence-electron chi connectivity index (χ3n) is 6.45. The molecule has 6 N–H and O–H groups in total. The number of hydrogen-bond acceptors (Lipinski definition) is 12. The minimum absolute atomic E-state index is 0.0947. The van der Waals surface area contributed by atoms with Crippen LogP contribution in [0.4, 0.5) is 0 Å². The lowest BCUT2D eigenvalue weighted by molar-refractivity contribution is -0.220. The number of aliphatic hydroxyl groups excluding tert-OH is 5. The minimum atomic E-state index is -5.07. The summed E-state index contributed by atoms with van der Waals surface area (Å²) in [7, 11) is -5.07. The predicted molar refractivity (Wildman–Crippen MR) is 138 cm³/mol. The van der Waals surface area contributed by atoms with Crippen LogP contribution in [0.25, 0.3) is 0 Å². The van der Waals surface area contributed by atoms with Crippen LogP contribution in [0, 0.1) is 0 Å². The highest BCUT2D eigenvalue weighted by Gasteiger charge is 2.51. The van der Waals surface area contributed by atoms with Gasteiger partial charge in [0.1, 0.15) is 43.2 Å². The summed E-state index contributed by atoms with van der Waals surface area (Å²) in [5, 5.41) is 49.3. The Labute approximate surface area is 230 Å². The third kappa shape index (κ3) is 13.8. The largest absolute Gasteiger partial charge is 0.472 e. The first kappa shape index (κ1) is 35.9. The van der Waals surface area contributed by atoms with Crippen molar-refractivity contribution in [3.8, 4) is 0 Å². The molecule has 1 fully saturated rings. The van der Waals surface area contributed by atoms with Gasteiger partial charge in [-0.05, 0) is 12.8 Å². The quantitative estimate of drug-likeness (QED) is 0.0679. The van der Waals surface area contributed by atoms with Crippen LogP contribution in [-0.4, -0.2) is 98.3 Å². The van der Waals surface area contributed by atoms with Crippen LogP contribution in [0.15, 0.2) is 0 Å². The molecular formula is C25H47O13P. The van der Waals surface area contributed by atoms with E-state index in [1.54, 1.807) is 0 Å². The molecule has 0 spiro atoms. The smallest absolute Gasteiger partial charge is 0.462 e. The molecule has 0 aromatic carbocycles. The number of aliphatic hydroxyl groups is 5. The van der Waals surface area contributed by atoms with E-state index in [1.807, 2.05) is 0 Å². The maximum atomic E-state index is 12.5. The zero-order valence-electron chi connectivity index (χ0n) is 22.9. The summed E-state index contributed by atoms with van der Waals surface area (Å²) in [4.78, 5) is 34.5. The molecule has 39 heavy (non-hydrogen) atoms. The normalized spacial score (nSPS) is 27.5. The summed E-state index contributed by atoms with van der Waals surface area (Å²) >= 11 is 0. The maximum absolute atomic E-state index is 12.5. The molecule has 1 saturated carbocycles. The zero-order chi connectivity index (χ0) is 29.4. The molecule has 0 amide bonds. The topological polar surface area (TPSA) is 210 Å². The van der Waals surface area contributed by atoms with Gasteiger partial charge in [-0.25, -0.2) is 4.57 Å². The molecule has 1 aliphatic carbocycles. The molecule has 8 atom stereocenters. The molecule has 0 saturated heterocycles. The predicted octanol–water partition coefficient (Wildman–Crippen LogP) is 1.48. The number of carbonyl (C=O) groups is 2. The lowest BCUT2D eigenvalue weighted by Crippen LogP contribution is -2.64. The summed E-state index contributed by atoms with van der Waals surface area (Å²) in [6, 6.07) is 0. The fourth-order valence-corrected chi connectivity index (χ4v) is 5.02.